The minimum atomic E-state index is 0.221. The van der Waals surface area contributed by atoms with Gasteiger partial charge in [0.1, 0.15) is 11.6 Å². The molecule has 0 unspecified atom stereocenters. The molecule has 14 heavy (non-hydrogen) atoms. The first kappa shape index (κ1) is 9.31. The number of nitrogens with zero attached hydrogens (tertiary/aromatic N) is 1. The third-order valence-electron chi connectivity index (χ3n) is 2.71. The van der Waals surface area contributed by atoms with Crippen molar-refractivity contribution in [2.45, 2.75) is 38.1 Å². The van der Waals surface area contributed by atoms with Crippen molar-refractivity contribution in [2.24, 2.45) is 0 Å². The number of anilines is 1. The van der Waals surface area contributed by atoms with Crippen molar-refractivity contribution in [3.05, 3.63) is 18.3 Å². The van der Waals surface area contributed by atoms with Crippen LogP contribution in [0.3, 0.4) is 0 Å². The van der Waals surface area contributed by atoms with E-state index in [9.17, 15) is 0 Å². The van der Waals surface area contributed by atoms with Crippen molar-refractivity contribution in [2.75, 3.05) is 5.32 Å². The first-order valence-electron chi connectivity index (χ1n) is 5.26. The van der Waals surface area contributed by atoms with E-state index in [1.165, 1.54) is 38.3 Å². The molecule has 3 heteroatoms. The van der Waals surface area contributed by atoms with Crippen LogP contribution in [0, 0.1) is 0 Å². The predicted octanol–water partition coefficient (Wildman–Crippen LogP) is 2.53. The Morgan fingerprint density at radius 1 is 1.21 bits per heavy atom. The van der Waals surface area contributed by atoms with Crippen LogP contribution in [0.2, 0.25) is 0 Å². The summed E-state index contributed by atoms with van der Waals surface area (Å²) in [5.41, 5.74) is 0. The van der Waals surface area contributed by atoms with E-state index in [0.29, 0.717) is 6.04 Å². The molecule has 2 rings (SSSR count). The number of rotatable bonds is 2. The molecule has 0 aromatic carbocycles. The molecule has 0 bridgehead atoms. The molecule has 0 aliphatic heterocycles. The second-order valence-electron chi connectivity index (χ2n) is 3.88. The number of aromatic nitrogens is 1. The maximum absolute atomic E-state index is 9.07. The molecule has 0 atom stereocenters. The van der Waals surface area contributed by atoms with Crippen LogP contribution in [0.4, 0.5) is 5.82 Å². The second-order valence-corrected chi connectivity index (χ2v) is 3.88. The first-order valence-corrected chi connectivity index (χ1v) is 5.26. The smallest absolute Gasteiger partial charge is 0.134 e. The van der Waals surface area contributed by atoms with E-state index in [0.717, 1.165) is 5.82 Å². The Kier molecular flexibility index (Phi) is 2.87. The lowest BCUT2D eigenvalue weighted by atomic mass is 9.95. The number of hydrogen-bond donors (Lipinski definition) is 2. The zero-order chi connectivity index (χ0) is 9.80. The highest BCUT2D eigenvalue weighted by Gasteiger charge is 2.12. The van der Waals surface area contributed by atoms with Gasteiger partial charge < -0.3 is 10.4 Å². The Hall–Kier alpha value is -1.25. The van der Waals surface area contributed by atoms with Gasteiger partial charge in [0.2, 0.25) is 0 Å². The summed E-state index contributed by atoms with van der Waals surface area (Å²) in [6, 6.07) is 4.06. The standard InChI is InChI=1S/C11H16N2O/c14-10-6-7-11(12-8-10)13-9-4-2-1-3-5-9/h6-9,14H,1-5H2,(H,12,13). The third kappa shape index (κ3) is 2.37. The van der Waals surface area contributed by atoms with E-state index >= 15 is 0 Å². The van der Waals surface area contributed by atoms with E-state index < -0.39 is 0 Å². The summed E-state index contributed by atoms with van der Waals surface area (Å²) in [5, 5.41) is 12.5. The highest BCUT2D eigenvalue weighted by atomic mass is 16.3. The number of nitrogens with one attached hydrogen (secondary N) is 1. The van der Waals surface area contributed by atoms with Gasteiger partial charge >= 0.3 is 0 Å². The van der Waals surface area contributed by atoms with Crippen LogP contribution in [0.15, 0.2) is 18.3 Å². The van der Waals surface area contributed by atoms with Crippen molar-refractivity contribution >= 4 is 5.82 Å². The minimum Gasteiger partial charge on any atom is -0.506 e. The third-order valence-corrected chi connectivity index (χ3v) is 2.71. The molecule has 0 radical (unpaired) electrons. The highest BCUT2D eigenvalue weighted by Crippen LogP contribution is 2.21. The van der Waals surface area contributed by atoms with Crippen LogP contribution >= 0.6 is 0 Å². The molecular weight excluding hydrogens is 176 g/mol. The van der Waals surface area contributed by atoms with Gasteiger partial charge in [-0.2, -0.15) is 0 Å². The maximum Gasteiger partial charge on any atom is 0.134 e. The number of hydrogen-bond acceptors (Lipinski definition) is 3. The molecule has 1 aliphatic carbocycles. The Bertz CT molecular complexity index is 278. The SMILES string of the molecule is Oc1ccc(NC2CCCCC2)nc1. The summed E-state index contributed by atoms with van der Waals surface area (Å²) in [6.07, 6.45) is 7.95. The summed E-state index contributed by atoms with van der Waals surface area (Å²) in [6.45, 7) is 0. The van der Waals surface area contributed by atoms with Crippen molar-refractivity contribution in [1.29, 1.82) is 0 Å². The quantitative estimate of drug-likeness (QED) is 0.756. The fourth-order valence-electron chi connectivity index (χ4n) is 1.93. The van der Waals surface area contributed by atoms with Crippen LogP contribution in [-0.2, 0) is 0 Å². The number of aromatic hydroxyl groups is 1. The lowest BCUT2D eigenvalue weighted by molar-refractivity contribution is 0.460. The van der Waals surface area contributed by atoms with Gasteiger partial charge in [-0.15, -0.1) is 0 Å². The highest BCUT2D eigenvalue weighted by molar-refractivity contribution is 5.37. The second kappa shape index (κ2) is 4.31. The number of pyridine rings is 1. The molecule has 1 saturated carbocycles. The van der Waals surface area contributed by atoms with E-state index in [1.807, 2.05) is 6.07 Å². The van der Waals surface area contributed by atoms with E-state index in [4.69, 9.17) is 5.11 Å². The molecule has 1 heterocycles. The van der Waals surface area contributed by atoms with E-state index in [-0.39, 0.29) is 5.75 Å². The first-order chi connectivity index (χ1) is 6.84. The molecule has 2 N–H and O–H groups in total. The lowest BCUT2D eigenvalue weighted by Gasteiger charge is -2.23. The fourth-order valence-corrected chi connectivity index (χ4v) is 1.93. The predicted molar refractivity (Wildman–Crippen MR) is 56.4 cm³/mol. The van der Waals surface area contributed by atoms with Gasteiger partial charge in [0.15, 0.2) is 0 Å². The van der Waals surface area contributed by atoms with Gasteiger partial charge in [-0.3, -0.25) is 0 Å². The average Bonchev–Trinajstić information content (AvgIpc) is 2.23. The van der Waals surface area contributed by atoms with E-state index in [1.54, 1.807) is 6.07 Å². The van der Waals surface area contributed by atoms with Crippen molar-refractivity contribution in [1.82, 2.24) is 4.98 Å². The molecule has 76 valence electrons. The molecule has 0 saturated heterocycles. The molecule has 1 aliphatic rings. The lowest BCUT2D eigenvalue weighted by Crippen LogP contribution is -2.22. The molecule has 1 aromatic rings. The zero-order valence-electron chi connectivity index (χ0n) is 8.24. The average molecular weight is 192 g/mol. The summed E-state index contributed by atoms with van der Waals surface area (Å²) in [7, 11) is 0. The molecule has 0 spiro atoms. The summed E-state index contributed by atoms with van der Waals surface area (Å²) in [5.74, 6) is 1.09. The van der Waals surface area contributed by atoms with E-state index in [2.05, 4.69) is 10.3 Å². The van der Waals surface area contributed by atoms with Gasteiger partial charge in [-0.25, -0.2) is 4.98 Å². The topological polar surface area (TPSA) is 45.1 Å². The summed E-state index contributed by atoms with van der Waals surface area (Å²) >= 11 is 0. The molecular formula is C11H16N2O. The fraction of sp³-hybridized carbons (Fsp3) is 0.545. The van der Waals surface area contributed by atoms with Gasteiger partial charge in [0, 0.05) is 6.04 Å². The molecule has 1 aromatic heterocycles. The maximum atomic E-state index is 9.07. The van der Waals surface area contributed by atoms with Crippen LogP contribution in [-0.4, -0.2) is 16.1 Å². The molecule has 0 amide bonds. The van der Waals surface area contributed by atoms with Crippen LogP contribution in [0.5, 0.6) is 5.75 Å². The van der Waals surface area contributed by atoms with Crippen LogP contribution in [0.25, 0.3) is 0 Å². The Morgan fingerprint density at radius 2 is 2.00 bits per heavy atom. The van der Waals surface area contributed by atoms with Crippen LogP contribution in [0.1, 0.15) is 32.1 Å². The Morgan fingerprint density at radius 3 is 2.64 bits per heavy atom. The monoisotopic (exact) mass is 192 g/mol. The zero-order valence-corrected chi connectivity index (χ0v) is 8.24. The van der Waals surface area contributed by atoms with Gasteiger partial charge in [-0.1, -0.05) is 19.3 Å². The normalized spacial score (nSPS) is 18.0. The molecule has 3 nitrogen and oxygen atoms in total. The van der Waals surface area contributed by atoms with Crippen molar-refractivity contribution < 1.29 is 5.11 Å². The summed E-state index contributed by atoms with van der Waals surface area (Å²) in [4.78, 5) is 4.11. The van der Waals surface area contributed by atoms with Crippen molar-refractivity contribution in [3.63, 3.8) is 0 Å². The molecule has 1 fully saturated rings. The van der Waals surface area contributed by atoms with Gasteiger partial charge in [-0.05, 0) is 25.0 Å². The Labute approximate surface area is 84.2 Å². The van der Waals surface area contributed by atoms with Crippen LogP contribution < -0.4 is 5.32 Å². The van der Waals surface area contributed by atoms with Crippen molar-refractivity contribution in [3.8, 4) is 5.75 Å². The minimum absolute atomic E-state index is 0.221. The van der Waals surface area contributed by atoms with Gasteiger partial charge in [0.05, 0.1) is 6.20 Å². The van der Waals surface area contributed by atoms with Gasteiger partial charge in [0.25, 0.3) is 0 Å². The summed E-state index contributed by atoms with van der Waals surface area (Å²) < 4.78 is 0. The Balaban J connectivity index is 1.92. The largest absolute Gasteiger partial charge is 0.506 e.